The third-order valence-electron chi connectivity index (χ3n) is 1.97. The third kappa shape index (κ3) is 1.40. The zero-order chi connectivity index (χ0) is 9.26. The summed E-state index contributed by atoms with van der Waals surface area (Å²) in [5.74, 6) is -0.989. The van der Waals surface area contributed by atoms with Crippen molar-refractivity contribution in [2.75, 3.05) is 0 Å². The van der Waals surface area contributed by atoms with Gasteiger partial charge in [-0.2, -0.15) is 0 Å². The number of allylic oxidation sites excluding steroid dienone is 6. The molecule has 1 atom stereocenters. The Morgan fingerprint density at radius 2 is 2.31 bits per heavy atom. The summed E-state index contributed by atoms with van der Waals surface area (Å²) in [5.41, 5.74) is 0.979. The van der Waals surface area contributed by atoms with Gasteiger partial charge in [0.05, 0.1) is 6.26 Å². The second-order valence-electron chi connectivity index (χ2n) is 2.84. The maximum Gasteiger partial charge on any atom is 0.371 e. The van der Waals surface area contributed by atoms with Crippen molar-refractivity contribution in [3.05, 3.63) is 48.0 Å². The molecule has 0 amide bonds. The van der Waals surface area contributed by atoms with E-state index in [4.69, 9.17) is 9.84 Å². The average molecular weight is 176 g/mol. The monoisotopic (exact) mass is 176 g/mol. The molecule has 2 rings (SSSR count). The number of carboxylic acids is 1. The number of rotatable bonds is 1. The molecule has 0 aromatic carbocycles. The van der Waals surface area contributed by atoms with Gasteiger partial charge in [0.1, 0.15) is 0 Å². The number of fused-ring (bicyclic) bond motifs is 1. The van der Waals surface area contributed by atoms with Gasteiger partial charge in [-0.1, -0.05) is 24.3 Å². The molecule has 66 valence electrons. The highest BCUT2D eigenvalue weighted by atomic mass is 16.5. The SMILES string of the molecule is O=C(O)C1=CC2C=CC=CC2=CO1. The molecule has 1 aliphatic carbocycles. The third-order valence-corrected chi connectivity index (χ3v) is 1.97. The first kappa shape index (κ1) is 7.86. The van der Waals surface area contributed by atoms with Crippen LogP contribution in [-0.4, -0.2) is 11.1 Å². The molecule has 0 aromatic rings. The Balaban J connectivity index is 2.27. The van der Waals surface area contributed by atoms with Crippen LogP contribution in [0.4, 0.5) is 0 Å². The molecule has 1 N–H and O–H groups in total. The van der Waals surface area contributed by atoms with Crippen LogP contribution in [0.1, 0.15) is 0 Å². The van der Waals surface area contributed by atoms with E-state index in [-0.39, 0.29) is 11.7 Å². The summed E-state index contributed by atoms with van der Waals surface area (Å²) in [6.07, 6.45) is 10.7. The first-order chi connectivity index (χ1) is 6.27. The quantitative estimate of drug-likeness (QED) is 0.660. The molecule has 1 unspecified atom stereocenters. The van der Waals surface area contributed by atoms with E-state index in [2.05, 4.69) is 0 Å². The first-order valence-corrected chi connectivity index (χ1v) is 3.94. The molecule has 0 saturated carbocycles. The molecule has 1 heterocycles. The second kappa shape index (κ2) is 2.94. The summed E-state index contributed by atoms with van der Waals surface area (Å²) in [4.78, 5) is 10.6. The van der Waals surface area contributed by atoms with Gasteiger partial charge in [-0.05, 0) is 11.6 Å². The van der Waals surface area contributed by atoms with Crippen LogP contribution in [0.2, 0.25) is 0 Å². The minimum Gasteiger partial charge on any atom is -0.475 e. The van der Waals surface area contributed by atoms with Crippen LogP contribution in [0.5, 0.6) is 0 Å². The van der Waals surface area contributed by atoms with Gasteiger partial charge >= 0.3 is 5.97 Å². The van der Waals surface area contributed by atoms with Crippen LogP contribution < -0.4 is 0 Å². The Labute approximate surface area is 75.3 Å². The number of hydrogen-bond acceptors (Lipinski definition) is 2. The lowest BCUT2D eigenvalue weighted by atomic mass is 9.94. The molecule has 0 aromatic heterocycles. The minimum atomic E-state index is -1.03. The van der Waals surface area contributed by atoms with Crippen molar-refractivity contribution < 1.29 is 14.6 Å². The molecule has 0 fully saturated rings. The van der Waals surface area contributed by atoms with Crippen LogP contribution in [-0.2, 0) is 9.53 Å². The van der Waals surface area contributed by atoms with Gasteiger partial charge in [0.15, 0.2) is 0 Å². The Morgan fingerprint density at radius 1 is 1.46 bits per heavy atom. The lowest BCUT2D eigenvalue weighted by Crippen LogP contribution is -2.11. The van der Waals surface area contributed by atoms with Gasteiger partial charge in [-0.3, -0.25) is 0 Å². The summed E-state index contributed by atoms with van der Waals surface area (Å²) in [5, 5.41) is 8.66. The zero-order valence-electron chi connectivity index (χ0n) is 6.81. The summed E-state index contributed by atoms with van der Waals surface area (Å²) in [6, 6.07) is 0. The topological polar surface area (TPSA) is 46.5 Å². The fraction of sp³-hybridized carbons (Fsp3) is 0.100. The zero-order valence-corrected chi connectivity index (χ0v) is 6.81. The van der Waals surface area contributed by atoms with E-state index < -0.39 is 5.97 Å². The highest BCUT2D eigenvalue weighted by Crippen LogP contribution is 2.26. The van der Waals surface area contributed by atoms with Crippen LogP contribution >= 0.6 is 0 Å². The Bertz CT molecular complexity index is 358. The fourth-order valence-corrected chi connectivity index (χ4v) is 1.30. The molecule has 0 saturated heterocycles. The lowest BCUT2D eigenvalue weighted by molar-refractivity contribution is -0.135. The van der Waals surface area contributed by atoms with Gasteiger partial charge < -0.3 is 9.84 Å². The predicted molar refractivity (Wildman–Crippen MR) is 46.7 cm³/mol. The number of hydrogen-bond donors (Lipinski definition) is 1. The number of ether oxygens (including phenoxy) is 1. The molecule has 13 heavy (non-hydrogen) atoms. The molecule has 0 radical (unpaired) electrons. The largest absolute Gasteiger partial charge is 0.475 e. The van der Waals surface area contributed by atoms with E-state index in [1.807, 2.05) is 24.3 Å². The van der Waals surface area contributed by atoms with E-state index in [0.717, 1.165) is 5.57 Å². The predicted octanol–water partition coefficient (Wildman–Crippen LogP) is 1.61. The molecule has 3 nitrogen and oxygen atoms in total. The van der Waals surface area contributed by atoms with Crippen molar-refractivity contribution in [3.63, 3.8) is 0 Å². The van der Waals surface area contributed by atoms with Gasteiger partial charge in [0.2, 0.25) is 5.76 Å². The molecule has 0 bridgehead atoms. The van der Waals surface area contributed by atoms with E-state index in [0.29, 0.717) is 0 Å². The van der Waals surface area contributed by atoms with Crippen molar-refractivity contribution in [2.45, 2.75) is 0 Å². The molecular formula is C10H8O3. The van der Waals surface area contributed by atoms with Crippen LogP contribution in [0.15, 0.2) is 48.0 Å². The second-order valence-corrected chi connectivity index (χ2v) is 2.84. The minimum absolute atomic E-state index is 0.00583. The highest BCUT2D eigenvalue weighted by molar-refractivity contribution is 5.85. The maximum absolute atomic E-state index is 10.6. The average Bonchev–Trinajstić information content (AvgIpc) is 2.17. The van der Waals surface area contributed by atoms with Crippen molar-refractivity contribution in [3.8, 4) is 0 Å². The number of carbonyl (C=O) groups is 1. The van der Waals surface area contributed by atoms with Gasteiger partial charge in [0, 0.05) is 5.92 Å². The fourth-order valence-electron chi connectivity index (χ4n) is 1.30. The molecule has 0 spiro atoms. The highest BCUT2D eigenvalue weighted by Gasteiger charge is 2.19. The van der Waals surface area contributed by atoms with Crippen molar-refractivity contribution >= 4 is 5.97 Å². The van der Waals surface area contributed by atoms with Gasteiger partial charge in [0.25, 0.3) is 0 Å². The van der Waals surface area contributed by atoms with Crippen LogP contribution in [0, 0.1) is 5.92 Å². The summed E-state index contributed by atoms with van der Waals surface area (Å²) < 4.78 is 4.92. The molecule has 1 aliphatic heterocycles. The van der Waals surface area contributed by atoms with Gasteiger partial charge in [-0.15, -0.1) is 0 Å². The standard InChI is InChI=1S/C10H8O3/c11-10(12)9-5-7-3-1-2-4-8(7)6-13-9/h1-7H,(H,11,12). The molecular weight excluding hydrogens is 168 g/mol. The van der Waals surface area contributed by atoms with E-state index >= 15 is 0 Å². The van der Waals surface area contributed by atoms with E-state index in [1.54, 1.807) is 6.08 Å². The molecule has 2 aliphatic rings. The maximum atomic E-state index is 10.6. The smallest absolute Gasteiger partial charge is 0.371 e. The summed E-state index contributed by atoms with van der Waals surface area (Å²) >= 11 is 0. The van der Waals surface area contributed by atoms with Crippen molar-refractivity contribution in [1.82, 2.24) is 0 Å². The Morgan fingerprint density at radius 3 is 3.08 bits per heavy atom. The van der Waals surface area contributed by atoms with Crippen LogP contribution in [0.25, 0.3) is 0 Å². The Kier molecular flexibility index (Phi) is 1.77. The van der Waals surface area contributed by atoms with E-state index in [9.17, 15) is 4.79 Å². The summed E-state index contributed by atoms with van der Waals surface area (Å²) in [6.45, 7) is 0. The number of carboxylic acid groups (broad SMARTS) is 1. The van der Waals surface area contributed by atoms with E-state index in [1.165, 1.54) is 6.26 Å². The number of aliphatic carboxylic acids is 1. The van der Waals surface area contributed by atoms with Crippen molar-refractivity contribution in [2.24, 2.45) is 5.92 Å². The molecule has 3 heteroatoms. The Hall–Kier alpha value is -1.77. The van der Waals surface area contributed by atoms with Crippen LogP contribution in [0.3, 0.4) is 0 Å². The lowest BCUT2D eigenvalue weighted by Gasteiger charge is -2.18. The summed E-state index contributed by atoms with van der Waals surface area (Å²) in [7, 11) is 0. The van der Waals surface area contributed by atoms with Gasteiger partial charge in [-0.25, -0.2) is 4.79 Å². The van der Waals surface area contributed by atoms with Crippen molar-refractivity contribution in [1.29, 1.82) is 0 Å². The normalized spacial score (nSPS) is 24.2. The first-order valence-electron chi connectivity index (χ1n) is 3.94.